The minimum absolute atomic E-state index is 0.790. The average molecular weight is 305 g/mol. The summed E-state index contributed by atoms with van der Waals surface area (Å²) in [6.45, 7) is 4.33. The molecule has 0 unspecified atom stereocenters. The number of hydrogen-bond donors (Lipinski definition) is 0. The van der Waals surface area contributed by atoms with E-state index in [2.05, 4.69) is 72.3 Å². The lowest BCUT2D eigenvalue weighted by atomic mass is 10.0. The Balaban J connectivity index is 1.93. The van der Waals surface area contributed by atoms with E-state index in [1.807, 2.05) is 0 Å². The van der Waals surface area contributed by atoms with Crippen molar-refractivity contribution in [1.29, 1.82) is 0 Å². The third-order valence-electron chi connectivity index (χ3n) is 3.72. The van der Waals surface area contributed by atoms with Gasteiger partial charge < -0.3 is 0 Å². The van der Waals surface area contributed by atoms with Gasteiger partial charge in [0.05, 0.1) is 0 Å². The molecule has 0 spiro atoms. The molecule has 96 valence electrons. The minimum Gasteiger partial charge on any atom is -0.0877 e. The fourth-order valence-electron chi connectivity index (χ4n) is 2.49. The largest absolute Gasteiger partial charge is 0.0877 e. The zero-order chi connectivity index (χ0) is 13.0. The quantitative estimate of drug-likeness (QED) is 0.598. The normalized spacial score (nSPS) is 23.6. The van der Waals surface area contributed by atoms with Crippen molar-refractivity contribution in [1.82, 2.24) is 0 Å². The van der Waals surface area contributed by atoms with Crippen molar-refractivity contribution in [3.8, 4) is 0 Å². The summed E-state index contributed by atoms with van der Waals surface area (Å²) >= 11 is 3.49. The van der Waals surface area contributed by atoms with Crippen molar-refractivity contribution in [2.45, 2.75) is 39.0 Å². The van der Waals surface area contributed by atoms with Gasteiger partial charge in [0.15, 0.2) is 0 Å². The average Bonchev–Trinajstić information content (AvgIpc) is 3.14. The van der Waals surface area contributed by atoms with E-state index in [4.69, 9.17) is 0 Å². The maximum Gasteiger partial charge on any atom is 0.0175 e. The van der Waals surface area contributed by atoms with Crippen molar-refractivity contribution < 1.29 is 0 Å². The van der Waals surface area contributed by atoms with E-state index in [-0.39, 0.29) is 0 Å². The zero-order valence-corrected chi connectivity index (χ0v) is 12.8. The first-order valence-electron chi connectivity index (χ1n) is 6.80. The van der Waals surface area contributed by atoms with Crippen molar-refractivity contribution >= 4 is 15.9 Å². The standard InChI is InChI=1S/C17H21Br/c1-3-5-6-13(4-2)11-15-12-17(15)14-7-9-16(18)10-8-14/h3,5-10,15,17H,4,11-12H2,1-2H3/b5-3-,13-6+/t15-,17-/m0/s1. The van der Waals surface area contributed by atoms with Crippen molar-refractivity contribution in [2.75, 3.05) is 0 Å². The molecule has 1 fully saturated rings. The molecular weight excluding hydrogens is 284 g/mol. The first-order chi connectivity index (χ1) is 8.74. The second kappa shape index (κ2) is 6.38. The number of benzene rings is 1. The molecule has 0 radical (unpaired) electrons. The van der Waals surface area contributed by atoms with Gasteiger partial charge in [-0.25, -0.2) is 0 Å². The molecule has 0 bridgehead atoms. The Hall–Kier alpha value is -0.820. The summed E-state index contributed by atoms with van der Waals surface area (Å²) in [5, 5.41) is 0. The molecule has 1 aromatic rings. The lowest BCUT2D eigenvalue weighted by molar-refractivity contribution is 0.760. The highest BCUT2D eigenvalue weighted by Gasteiger charge is 2.37. The van der Waals surface area contributed by atoms with Crippen LogP contribution in [-0.4, -0.2) is 0 Å². The van der Waals surface area contributed by atoms with Gasteiger partial charge in [0, 0.05) is 4.47 Å². The third kappa shape index (κ3) is 3.58. The van der Waals surface area contributed by atoms with Crippen LogP contribution < -0.4 is 0 Å². The van der Waals surface area contributed by atoms with Crippen LogP contribution in [0.2, 0.25) is 0 Å². The Labute approximate surface area is 119 Å². The smallest absolute Gasteiger partial charge is 0.0175 e. The fraction of sp³-hybridized carbons (Fsp3) is 0.412. The van der Waals surface area contributed by atoms with Crippen LogP contribution in [0, 0.1) is 5.92 Å². The summed E-state index contributed by atoms with van der Waals surface area (Å²) in [7, 11) is 0. The Morgan fingerprint density at radius 3 is 2.67 bits per heavy atom. The summed E-state index contributed by atoms with van der Waals surface area (Å²) in [6, 6.07) is 8.83. The third-order valence-corrected chi connectivity index (χ3v) is 4.25. The molecule has 2 atom stereocenters. The Morgan fingerprint density at radius 2 is 2.06 bits per heavy atom. The minimum atomic E-state index is 0.790. The first kappa shape index (κ1) is 13.6. The summed E-state index contributed by atoms with van der Waals surface area (Å²) in [5.74, 6) is 1.65. The highest BCUT2D eigenvalue weighted by atomic mass is 79.9. The molecule has 0 saturated heterocycles. The van der Waals surface area contributed by atoms with Crippen LogP contribution in [0.1, 0.15) is 44.6 Å². The number of allylic oxidation sites excluding steroid dienone is 4. The molecule has 1 heteroatoms. The SMILES string of the molecule is C/C=C\C=C(/CC)C[C@H]1C[C@H]1c1ccc(Br)cc1. The second-order valence-electron chi connectivity index (χ2n) is 5.06. The predicted molar refractivity (Wildman–Crippen MR) is 82.8 cm³/mol. The topological polar surface area (TPSA) is 0 Å². The van der Waals surface area contributed by atoms with Crippen LogP contribution in [0.5, 0.6) is 0 Å². The molecule has 1 aliphatic carbocycles. The molecule has 0 aliphatic heterocycles. The first-order valence-corrected chi connectivity index (χ1v) is 7.60. The van der Waals surface area contributed by atoms with Crippen LogP contribution in [0.15, 0.2) is 52.5 Å². The van der Waals surface area contributed by atoms with Gasteiger partial charge in [-0.2, -0.15) is 0 Å². The van der Waals surface area contributed by atoms with E-state index >= 15 is 0 Å². The van der Waals surface area contributed by atoms with Gasteiger partial charge in [-0.05, 0) is 55.7 Å². The Bertz CT molecular complexity index is 439. The number of hydrogen-bond acceptors (Lipinski definition) is 0. The predicted octanol–water partition coefficient (Wildman–Crippen LogP) is 5.86. The molecule has 18 heavy (non-hydrogen) atoms. The molecule has 0 N–H and O–H groups in total. The van der Waals surface area contributed by atoms with Gasteiger partial charge in [-0.15, -0.1) is 0 Å². The molecule has 1 aliphatic rings. The molecule has 0 amide bonds. The summed E-state index contributed by atoms with van der Waals surface area (Å²) in [5.41, 5.74) is 3.09. The van der Waals surface area contributed by atoms with Crippen LogP contribution >= 0.6 is 15.9 Å². The van der Waals surface area contributed by atoms with Crippen LogP contribution in [-0.2, 0) is 0 Å². The van der Waals surface area contributed by atoms with Gasteiger partial charge in [-0.1, -0.05) is 58.8 Å². The Morgan fingerprint density at radius 1 is 1.33 bits per heavy atom. The van der Waals surface area contributed by atoms with E-state index in [1.165, 1.54) is 29.3 Å². The second-order valence-corrected chi connectivity index (χ2v) is 5.98. The van der Waals surface area contributed by atoms with Crippen molar-refractivity contribution in [3.63, 3.8) is 0 Å². The maximum atomic E-state index is 3.49. The fourth-order valence-corrected chi connectivity index (χ4v) is 2.76. The summed E-state index contributed by atoms with van der Waals surface area (Å²) < 4.78 is 1.17. The lowest BCUT2D eigenvalue weighted by Gasteiger charge is -2.04. The van der Waals surface area contributed by atoms with Crippen molar-refractivity contribution in [2.24, 2.45) is 5.92 Å². The molecule has 0 aromatic heterocycles. The van der Waals surface area contributed by atoms with Crippen LogP contribution in [0.4, 0.5) is 0 Å². The molecule has 0 heterocycles. The number of halogens is 1. The summed E-state index contributed by atoms with van der Waals surface area (Å²) in [4.78, 5) is 0. The van der Waals surface area contributed by atoms with Gasteiger partial charge in [-0.3, -0.25) is 0 Å². The van der Waals surface area contributed by atoms with Gasteiger partial charge in [0.2, 0.25) is 0 Å². The molecule has 0 nitrogen and oxygen atoms in total. The molecule has 1 aromatic carbocycles. The molecular formula is C17H21Br. The maximum absolute atomic E-state index is 3.49. The number of rotatable bonds is 5. The van der Waals surface area contributed by atoms with Gasteiger partial charge >= 0.3 is 0 Å². The van der Waals surface area contributed by atoms with E-state index in [0.717, 1.165) is 11.8 Å². The molecule has 1 saturated carbocycles. The van der Waals surface area contributed by atoms with Crippen LogP contribution in [0.3, 0.4) is 0 Å². The lowest BCUT2D eigenvalue weighted by Crippen LogP contribution is -1.87. The summed E-state index contributed by atoms with van der Waals surface area (Å²) in [6.07, 6.45) is 10.4. The van der Waals surface area contributed by atoms with E-state index in [9.17, 15) is 0 Å². The zero-order valence-electron chi connectivity index (χ0n) is 11.2. The highest BCUT2D eigenvalue weighted by Crippen LogP contribution is 2.51. The monoisotopic (exact) mass is 304 g/mol. The van der Waals surface area contributed by atoms with Gasteiger partial charge in [0.1, 0.15) is 0 Å². The van der Waals surface area contributed by atoms with E-state index in [1.54, 1.807) is 5.57 Å². The molecule has 2 rings (SSSR count). The van der Waals surface area contributed by atoms with Crippen molar-refractivity contribution in [3.05, 3.63) is 58.1 Å². The van der Waals surface area contributed by atoms with E-state index < -0.39 is 0 Å². The van der Waals surface area contributed by atoms with Gasteiger partial charge in [0.25, 0.3) is 0 Å². The van der Waals surface area contributed by atoms with Crippen LogP contribution in [0.25, 0.3) is 0 Å². The highest BCUT2D eigenvalue weighted by molar-refractivity contribution is 9.10. The Kier molecular flexibility index (Phi) is 4.82. The van der Waals surface area contributed by atoms with E-state index in [0.29, 0.717) is 0 Å².